The van der Waals surface area contributed by atoms with Crippen LogP contribution in [-0.2, 0) is 4.79 Å². The van der Waals surface area contributed by atoms with Crippen molar-refractivity contribution in [1.82, 2.24) is 10.2 Å². The van der Waals surface area contributed by atoms with Crippen molar-refractivity contribution < 1.29 is 9.21 Å². The van der Waals surface area contributed by atoms with Crippen LogP contribution in [0.25, 0.3) is 0 Å². The number of aromatic nitrogens is 2. The van der Waals surface area contributed by atoms with Crippen LogP contribution in [-0.4, -0.2) is 22.1 Å². The first-order valence-electron chi connectivity index (χ1n) is 5.85. The smallest absolute Gasteiger partial charge is 0.322 e. The van der Waals surface area contributed by atoms with Crippen molar-refractivity contribution in [2.75, 3.05) is 5.32 Å². The van der Waals surface area contributed by atoms with E-state index in [0.29, 0.717) is 5.89 Å². The van der Waals surface area contributed by atoms with Crippen molar-refractivity contribution in [1.29, 1.82) is 0 Å². The van der Waals surface area contributed by atoms with Gasteiger partial charge in [-0.25, -0.2) is 0 Å². The number of carbonyl (C=O) groups excluding carboxylic acids is 1. The zero-order valence-corrected chi connectivity index (χ0v) is 10.6. The van der Waals surface area contributed by atoms with Crippen LogP contribution in [0.2, 0.25) is 0 Å². The molecule has 6 nitrogen and oxygen atoms in total. The van der Waals surface area contributed by atoms with E-state index in [-0.39, 0.29) is 23.9 Å². The molecule has 0 fully saturated rings. The van der Waals surface area contributed by atoms with E-state index in [1.165, 1.54) is 0 Å². The van der Waals surface area contributed by atoms with Crippen molar-refractivity contribution in [2.24, 2.45) is 11.7 Å². The average Bonchev–Trinajstić information content (AvgIpc) is 2.63. The molecule has 1 aromatic rings. The molecule has 96 valence electrons. The molecule has 0 bridgehead atoms. The standard InChI is InChI=1S/C11H20N4O2/c1-7(5-4-6-8(2)12)10(16)13-11-15-14-9(3)17-11/h7-8H,4-6,12H2,1-3H3,(H,13,15,16). The predicted octanol–water partition coefficient (Wildman–Crippen LogP) is 1.47. The number of nitrogens with one attached hydrogen (secondary N) is 1. The molecule has 1 rings (SSSR count). The summed E-state index contributed by atoms with van der Waals surface area (Å²) in [6, 6.07) is 0.343. The van der Waals surface area contributed by atoms with Gasteiger partial charge < -0.3 is 10.2 Å². The summed E-state index contributed by atoms with van der Waals surface area (Å²) in [6.07, 6.45) is 2.67. The van der Waals surface area contributed by atoms with Crippen molar-refractivity contribution in [3.8, 4) is 0 Å². The highest BCUT2D eigenvalue weighted by Gasteiger charge is 2.15. The molecule has 6 heteroatoms. The van der Waals surface area contributed by atoms with Crippen LogP contribution in [0.4, 0.5) is 6.01 Å². The zero-order valence-electron chi connectivity index (χ0n) is 10.6. The number of hydrogen-bond donors (Lipinski definition) is 2. The summed E-state index contributed by atoms with van der Waals surface area (Å²) in [7, 11) is 0. The zero-order chi connectivity index (χ0) is 12.8. The molecule has 2 atom stereocenters. The fourth-order valence-electron chi connectivity index (χ4n) is 1.45. The van der Waals surface area contributed by atoms with Gasteiger partial charge in [0.1, 0.15) is 0 Å². The first-order chi connectivity index (χ1) is 7.99. The minimum atomic E-state index is -0.0988. The molecule has 0 saturated carbocycles. The topological polar surface area (TPSA) is 94.0 Å². The Morgan fingerprint density at radius 1 is 1.41 bits per heavy atom. The number of rotatable bonds is 6. The van der Waals surface area contributed by atoms with Crippen molar-refractivity contribution >= 4 is 11.9 Å². The van der Waals surface area contributed by atoms with Crippen LogP contribution in [0.15, 0.2) is 4.42 Å². The van der Waals surface area contributed by atoms with Gasteiger partial charge in [0.05, 0.1) is 0 Å². The molecule has 0 aliphatic heterocycles. The van der Waals surface area contributed by atoms with Crippen LogP contribution in [0.1, 0.15) is 39.0 Å². The minimum Gasteiger partial charge on any atom is -0.408 e. The summed E-state index contributed by atoms with van der Waals surface area (Å²) in [5.74, 6) is 0.254. The second-order valence-electron chi connectivity index (χ2n) is 4.42. The van der Waals surface area contributed by atoms with Gasteiger partial charge in [0.25, 0.3) is 0 Å². The number of anilines is 1. The molecule has 1 heterocycles. The molecule has 1 amide bonds. The Hall–Kier alpha value is -1.43. The lowest BCUT2D eigenvalue weighted by Gasteiger charge is -2.10. The van der Waals surface area contributed by atoms with Gasteiger partial charge in [0.2, 0.25) is 11.8 Å². The maximum Gasteiger partial charge on any atom is 0.322 e. The van der Waals surface area contributed by atoms with Gasteiger partial charge in [-0.2, -0.15) is 0 Å². The molecule has 0 radical (unpaired) electrons. The number of amides is 1. The number of hydrogen-bond acceptors (Lipinski definition) is 5. The normalized spacial score (nSPS) is 14.4. The van der Waals surface area contributed by atoms with E-state index in [2.05, 4.69) is 15.5 Å². The highest BCUT2D eigenvalue weighted by molar-refractivity contribution is 5.90. The number of nitrogens with two attached hydrogens (primary N) is 1. The quantitative estimate of drug-likeness (QED) is 0.785. The number of aryl methyl sites for hydroxylation is 1. The predicted molar refractivity (Wildman–Crippen MR) is 64.3 cm³/mol. The third-order valence-corrected chi connectivity index (χ3v) is 2.50. The van der Waals surface area contributed by atoms with Gasteiger partial charge in [0, 0.05) is 18.9 Å². The second-order valence-corrected chi connectivity index (χ2v) is 4.42. The summed E-state index contributed by atoms with van der Waals surface area (Å²) in [6.45, 7) is 5.51. The summed E-state index contributed by atoms with van der Waals surface area (Å²) in [5, 5.41) is 9.93. The van der Waals surface area contributed by atoms with Crippen molar-refractivity contribution in [3.05, 3.63) is 5.89 Å². The molecule has 1 aromatic heterocycles. The lowest BCUT2D eigenvalue weighted by molar-refractivity contribution is -0.119. The van der Waals surface area contributed by atoms with Gasteiger partial charge in [-0.05, 0) is 19.8 Å². The minimum absolute atomic E-state index is 0.0824. The maximum atomic E-state index is 11.7. The van der Waals surface area contributed by atoms with Crippen LogP contribution in [0.3, 0.4) is 0 Å². The highest BCUT2D eigenvalue weighted by Crippen LogP contribution is 2.12. The number of carbonyl (C=O) groups is 1. The molecule has 2 unspecified atom stereocenters. The van der Waals surface area contributed by atoms with E-state index >= 15 is 0 Å². The van der Waals surface area contributed by atoms with Crippen LogP contribution in [0, 0.1) is 12.8 Å². The molecule has 0 aliphatic carbocycles. The van der Waals surface area contributed by atoms with Crippen LogP contribution in [0.5, 0.6) is 0 Å². The summed E-state index contributed by atoms with van der Waals surface area (Å²) in [5.41, 5.74) is 5.65. The maximum absolute atomic E-state index is 11.7. The summed E-state index contributed by atoms with van der Waals surface area (Å²) < 4.78 is 5.07. The monoisotopic (exact) mass is 240 g/mol. The first kappa shape index (κ1) is 13.6. The molecular formula is C11H20N4O2. The molecule has 17 heavy (non-hydrogen) atoms. The Morgan fingerprint density at radius 2 is 2.12 bits per heavy atom. The lowest BCUT2D eigenvalue weighted by atomic mass is 10.0. The Balaban J connectivity index is 2.32. The van der Waals surface area contributed by atoms with Gasteiger partial charge in [-0.3, -0.25) is 10.1 Å². The van der Waals surface area contributed by atoms with E-state index in [9.17, 15) is 4.79 Å². The van der Waals surface area contributed by atoms with Gasteiger partial charge in [0.15, 0.2) is 0 Å². The Morgan fingerprint density at radius 3 is 2.65 bits per heavy atom. The van der Waals surface area contributed by atoms with Crippen molar-refractivity contribution in [3.63, 3.8) is 0 Å². The van der Waals surface area contributed by atoms with E-state index in [1.54, 1.807) is 6.92 Å². The van der Waals surface area contributed by atoms with Crippen LogP contribution >= 0.6 is 0 Å². The largest absolute Gasteiger partial charge is 0.408 e. The molecule has 0 aliphatic rings. The van der Waals surface area contributed by atoms with E-state index in [0.717, 1.165) is 19.3 Å². The highest BCUT2D eigenvalue weighted by atomic mass is 16.4. The summed E-state index contributed by atoms with van der Waals surface area (Å²) >= 11 is 0. The summed E-state index contributed by atoms with van der Waals surface area (Å²) in [4.78, 5) is 11.7. The third kappa shape index (κ3) is 4.95. The molecular weight excluding hydrogens is 220 g/mol. The van der Waals surface area contributed by atoms with E-state index in [1.807, 2.05) is 13.8 Å². The first-order valence-corrected chi connectivity index (χ1v) is 5.85. The Bertz CT molecular complexity index is 362. The van der Waals surface area contributed by atoms with E-state index in [4.69, 9.17) is 10.2 Å². The van der Waals surface area contributed by atoms with Crippen LogP contribution < -0.4 is 11.1 Å². The van der Waals surface area contributed by atoms with E-state index < -0.39 is 0 Å². The third-order valence-electron chi connectivity index (χ3n) is 2.50. The van der Waals surface area contributed by atoms with Gasteiger partial charge in [-0.1, -0.05) is 18.4 Å². The molecule has 3 N–H and O–H groups in total. The number of nitrogens with zero attached hydrogens (tertiary/aromatic N) is 2. The fourth-order valence-corrected chi connectivity index (χ4v) is 1.45. The van der Waals surface area contributed by atoms with Crippen molar-refractivity contribution in [2.45, 2.75) is 46.1 Å². The lowest BCUT2D eigenvalue weighted by Crippen LogP contribution is -2.21. The van der Waals surface area contributed by atoms with Gasteiger partial charge in [-0.15, -0.1) is 5.10 Å². The Labute approximate surface area is 101 Å². The second kappa shape index (κ2) is 6.34. The van der Waals surface area contributed by atoms with Gasteiger partial charge >= 0.3 is 6.01 Å². The SMILES string of the molecule is Cc1nnc(NC(=O)C(C)CCCC(C)N)o1. The Kier molecular flexibility index (Phi) is 5.09. The molecule has 0 spiro atoms. The molecule has 0 aromatic carbocycles. The fraction of sp³-hybridized carbons (Fsp3) is 0.727. The molecule has 0 saturated heterocycles. The average molecular weight is 240 g/mol.